The molecule has 2 aromatic rings. The van der Waals surface area contributed by atoms with E-state index in [4.69, 9.17) is 0 Å². The van der Waals surface area contributed by atoms with Crippen molar-refractivity contribution in [1.29, 1.82) is 0 Å². The first-order chi connectivity index (χ1) is 9.17. The van der Waals surface area contributed by atoms with Crippen LogP contribution >= 0.6 is 43.2 Å². The molecule has 0 amide bonds. The average Bonchev–Trinajstić information content (AvgIpc) is 2.75. The van der Waals surface area contributed by atoms with Gasteiger partial charge in [0, 0.05) is 12.0 Å². The fraction of sp³-hybridized carbons (Fsp3) is 0.333. The monoisotopic (exact) mass is 401 g/mol. The highest BCUT2D eigenvalue weighted by molar-refractivity contribution is 9.12. The number of nitrogens with one attached hydrogen (secondary N) is 1. The Morgan fingerprint density at radius 1 is 1.21 bits per heavy atom. The highest BCUT2D eigenvalue weighted by atomic mass is 79.9. The smallest absolute Gasteiger partial charge is 0.0758 e. The number of thiophene rings is 1. The second-order valence-corrected chi connectivity index (χ2v) is 8.22. The summed E-state index contributed by atoms with van der Waals surface area (Å²) in [4.78, 5) is 0. The highest BCUT2D eigenvalue weighted by Gasteiger charge is 2.25. The van der Waals surface area contributed by atoms with Gasteiger partial charge < -0.3 is 5.32 Å². The van der Waals surface area contributed by atoms with Gasteiger partial charge in [-0.1, -0.05) is 37.3 Å². The summed E-state index contributed by atoms with van der Waals surface area (Å²) in [6.45, 7) is 2.25. The molecule has 1 aromatic carbocycles. The van der Waals surface area contributed by atoms with E-state index < -0.39 is 0 Å². The Labute approximate surface area is 135 Å². The maximum Gasteiger partial charge on any atom is 0.0758 e. The summed E-state index contributed by atoms with van der Waals surface area (Å²) in [5.74, 6) is 0.476. The Bertz CT molecular complexity index is 524. The summed E-state index contributed by atoms with van der Waals surface area (Å²) < 4.78 is 2.37. The summed E-state index contributed by atoms with van der Waals surface area (Å²) in [5.41, 5.74) is 2.72. The van der Waals surface area contributed by atoms with Gasteiger partial charge in [-0.15, -0.1) is 11.3 Å². The van der Waals surface area contributed by atoms with Crippen molar-refractivity contribution < 1.29 is 0 Å². The van der Waals surface area contributed by atoms with Crippen LogP contribution in [0.25, 0.3) is 0 Å². The summed E-state index contributed by atoms with van der Waals surface area (Å²) in [6, 6.07) is 13.3. The molecule has 2 unspecified atom stereocenters. The van der Waals surface area contributed by atoms with E-state index in [0.717, 1.165) is 10.2 Å². The Kier molecular flexibility index (Phi) is 5.63. The van der Waals surface area contributed by atoms with E-state index in [9.17, 15) is 0 Å². The van der Waals surface area contributed by atoms with Crippen LogP contribution in [0.1, 0.15) is 36.4 Å². The van der Waals surface area contributed by atoms with Gasteiger partial charge in [0.1, 0.15) is 0 Å². The summed E-state index contributed by atoms with van der Waals surface area (Å²) in [7, 11) is 2.04. The van der Waals surface area contributed by atoms with E-state index >= 15 is 0 Å². The minimum absolute atomic E-state index is 0.323. The molecule has 0 saturated carbocycles. The lowest BCUT2D eigenvalue weighted by Gasteiger charge is -2.26. The minimum atomic E-state index is 0.323. The molecule has 0 bridgehead atoms. The number of benzene rings is 1. The Hall–Kier alpha value is -0.160. The zero-order valence-corrected chi connectivity index (χ0v) is 15.0. The van der Waals surface area contributed by atoms with Crippen LogP contribution in [0, 0.1) is 0 Å². The first kappa shape index (κ1) is 15.2. The SMILES string of the molecule is CCC(c1ccccc1)C(NC)c1cc(Br)sc1Br. The first-order valence-electron chi connectivity index (χ1n) is 6.34. The topological polar surface area (TPSA) is 12.0 Å². The molecule has 2 atom stereocenters. The van der Waals surface area contributed by atoms with Crippen molar-refractivity contribution in [2.45, 2.75) is 25.3 Å². The van der Waals surface area contributed by atoms with E-state index in [-0.39, 0.29) is 0 Å². The molecular weight excluding hydrogens is 386 g/mol. The van der Waals surface area contributed by atoms with Gasteiger partial charge >= 0.3 is 0 Å². The molecule has 4 heteroatoms. The quantitative estimate of drug-likeness (QED) is 0.673. The summed E-state index contributed by atoms with van der Waals surface area (Å²) in [6.07, 6.45) is 1.11. The molecule has 1 heterocycles. The number of hydrogen-bond donors (Lipinski definition) is 1. The fourth-order valence-corrected chi connectivity index (χ4v) is 5.43. The molecule has 2 rings (SSSR count). The third-order valence-corrected chi connectivity index (χ3v) is 5.78. The Morgan fingerprint density at radius 2 is 1.89 bits per heavy atom. The molecule has 0 aliphatic carbocycles. The largest absolute Gasteiger partial charge is 0.312 e. The van der Waals surface area contributed by atoms with Gasteiger partial charge in [0.15, 0.2) is 0 Å². The van der Waals surface area contributed by atoms with Gasteiger partial charge in [-0.25, -0.2) is 0 Å². The Morgan fingerprint density at radius 3 is 2.37 bits per heavy atom. The molecule has 0 saturated heterocycles. The van der Waals surface area contributed by atoms with Gasteiger partial charge in [0.2, 0.25) is 0 Å². The van der Waals surface area contributed by atoms with E-state index in [0.29, 0.717) is 12.0 Å². The maximum atomic E-state index is 3.68. The van der Waals surface area contributed by atoms with Crippen LogP contribution < -0.4 is 5.32 Å². The molecule has 0 radical (unpaired) electrons. The lowest BCUT2D eigenvalue weighted by Crippen LogP contribution is -2.23. The van der Waals surface area contributed by atoms with Crippen molar-refractivity contribution in [2.24, 2.45) is 0 Å². The van der Waals surface area contributed by atoms with Crippen molar-refractivity contribution in [3.8, 4) is 0 Å². The number of hydrogen-bond acceptors (Lipinski definition) is 2. The standard InChI is InChI=1S/C15H17Br2NS/c1-3-11(10-7-5-4-6-8-10)14(18-2)12-9-13(16)19-15(12)17/h4-9,11,14,18H,3H2,1-2H3. The molecular formula is C15H17Br2NS. The normalized spacial score (nSPS) is 14.3. The van der Waals surface area contributed by atoms with Crippen LogP contribution in [0.3, 0.4) is 0 Å². The van der Waals surface area contributed by atoms with Gasteiger partial charge in [-0.2, -0.15) is 0 Å². The van der Waals surface area contributed by atoms with Crippen LogP contribution in [-0.4, -0.2) is 7.05 Å². The molecule has 1 N–H and O–H groups in total. The third kappa shape index (κ3) is 3.48. The molecule has 0 aliphatic heterocycles. The number of rotatable bonds is 5. The minimum Gasteiger partial charge on any atom is -0.312 e. The van der Waals surface area contributed by atoms with Gasteiger partial charge in [-0.3, -0.25) is 0 Å². The first-order valence-corrected chi connectivity index (χ1v) is 8.74. The van der Waals surface area contributed by atoms with Gasteiger partial charge in [0.25, 0.3) is 0 Å². The summed E-state index contributed by atoms with van der Waals surface area (Å²) >= 11 is 8.97. The Balaban J connectivity index is 2.37. The molecule has 102 valence electrons. The van der Waals surface area contributed by atoms with Crippen molar-refractivity contribution in [2.75, 3.05) is 7.05 Å². The van der Waals surface area contributed by atoms with Gasteiger partial charge in [-0.05, 0) is 62.5 Å². The average molecular weight is 403 g/mol. The lowest BCUT2D eigenvalue weighted by atomic mass is 9.86. The van der Waals surface area contributed by atoms with Gasteiger partial charge in [0.05, 0.1) is 7.57 Å². The van der Waals surface area contributed by atoms with Crippen molar-refractivity contribution in [3.05, 3.63) is 55.1 Å². The second-order valence-electron chi connectivity index (χ2n) is 4.47. The zero-order valence-electron chi connectivity index (χ0n) is 11.0. The van der Waals surface area contributed by atoms with E-state index in [1.807, 2.05) is 7.05 Å². The number of halogens is 2. The van der Waals surface area contributed by atoms with E-state index in [1.54, 1.807) is 11.3 Å². The predicted molar refractivity (Wildman–Crippen MR) is 91.0 cm³/mol. The van der Waals surface area contributed by atoms with E-state index in [1.165, 1.54) is 14.9 Å². The zero-order chi connectivity index (χ0) is 13.8. The molecule has 0 aliphatic rings. The van der Waals surface area contributed by atoms with Crippen molar-refractivity contribution >= 4 is 43.2 Å². The van der Waals surface area contributed by atoms with Crippen LogP contribution in [0.15, 0.2) is 44.0 Å². The van der Waals surface area contributed by atoms with Crippen molar-refractivity contribution in [3.63, 3.8) is 0 Å². The highest BCUT2D eigenvalue weighted by Crippen LogP contribution is 2.41. The fourth-order valence-electron chi connectivity index (χ4n) is 2.50. The maximum absolute atomic E-state index is 3.68. The molecule has 0 fully saturated rings. The van der Waals surface area contributed by atoms with Crippen LogP contribution in [-0.2, 0) is 0 Å². The lowest BCUT2D eigenvalue weighted by molar-refractivity contribution is 0.468. The van der Waals surface area contributed by atoms with Crippen LogP contribution in [0.4, 0.5) is 0 Å². The molecule has 0 spiro atoms. The number of likely N-dealkylation sites (N-methyl/N-ethyl adjacent to an activating group) is 1. The van der Waals surface area contributed by atoms with Crippen LogP contribution in [0.2, 0.25) is 0 Å². The molecule has 1 aromatic heterocycles. The molecule has 19 heavy (non-hydrogen) atoms. The van der Waals surface area contributed by atoms with E-state index in [2.05, 4.69) is 80.5 Å². The molecule has 1 nitrogen and oxygen atoms in total. The predicted octanol–water partition coefficient (Wildman–Crippen LogP) is 5.73. The third-order valence-electron chi connectivity index (χ3n) is 3.40. The van der Waals surface area contributed by atoms with Crippen LogP contribution in [0.5, 0.6) is 0 Å². The summed E-state index contributed by atoms with van der Waals surface area (Å²) in [5, 5.41) is 3.48. The van der Waals surface area contributed by atoms with Crippen molar-refractivity contribution in [1.82, 2.24) is 5.32 Å². The second kappa shape index (κ2) is 7.02.